The number of carbonyl (C=O) groups is 1. The van der Waals surface area contributed by atoms with Gasteiger partial charge in [-0.2, -0.15) is 0 Å². The van der Waals surface area contributed by atoms with Crippen LogP contribution in [-0.4, -0.2) is 19.6 Å². The Morgan fingerprint density at radius 3 is 2.38 bits per heavy atom. The highest BCUT2D eigenvalue weighted by atomic mass is 19.1. The first-order valence-corrected chi connectivity index (χ1v) is 5.78. The number of hydrogen-bond acceptors (Lipinski definition) is 2. The third-order valence-electron chi connectivity index (χ3n) is 3.67. The molecule has 0 N–H and O–H groups in total. The highest BCUT2D eigenvalue weighted by Crippen LogP contribution is 2.47. The number of methoxy groups -OCH3 is 1. The Balaban J connectivity index is 2.85. The van der Waals surface area contributed by atoms with Crippen molar-refractivity contribution >= 4 is 5.78 Å². The third kappa shape index (κ3) is 2.45. The van der Waals surface area contributed by atoms with Crippen LogP contribution in [0.4, 0.5) is 4.39 Å². The molecule has 3 heteroatoms. The second-order valence-corrected chi connectivity index (χ2v) is 5.23. The van der Waals surface area contributed by atoms with Crippen LogP contribution in [0.3, 0.4) is 0 Å². The number of ketones is 1. The molecule has 16 heavy (non-hydrogen) atoms. The van der Waals surface area contributed by atoms with Gasteiger partial charge in [-0.15, -0.1) is 0 Å². The number of hydrogen-bond donors (Lipinski definition) is 0. The van der Waals surface area contributed by atoms with Gasteiger partial charge in [0.05, 0.1) is 12.5 Å². The molecule has 0 bridgehead atoms. The van der Waals surface area contributed by atoms with Gasteiger partial charge in [-0.1, -0.05) is 20.8 Å². The highest BCUT2D eigenvalue weighted by molar-refractivity contribution is 5.97. The number of alkyl halides is 1. The molecule has 1 rings (SSSR count). The molecule has 0 aromatic rings. The van der Waals surface area contributed by atoms with Crippen LogP contribution in [0.5, 0.6) is 0 Å². The summed E-state index contributed by atoms with van der Waals surface area (Å²) in [7, 11) is 1.56. The first-order valence-electron chi connectivity index (χ1n) is 5.78. The van der Waals surface area contributed by atoms with Crippen LogP contribution in [0.1, 0.15) is 40.0 Å². The summed E-state index contributed by atoms with van der Waals surface area (Å²) < 4.78 is 18.0. The average molecular weight is 228 g/mol. The molecule has 0 aliphatic heterocycles. The van der Waals surface area contributed by atoms with Crippen LogP contribution in [0.15, 0.2) is 11.8 Å². The average Bonchev–Trinajstić information content (AvgIpc) is 3.06. The van der Waals surface area contributed by atoms with E-state index in [1.165, 1.54) is 6.08 Å². The molecule has 0 aromatic carbocycles. The maximum absolute atomic E-state index is 12.7. The van der Waals surface area contributed by atoms with Crippen molar-refractivity contribution in [3.8, 4) is 0 Å². The van der Waals surface area contributed by atoms with Crippen LogP contribution in [0.2, 0.25) is 0 Å². The Bertz CT molecular complexity index is 301. The van der Waals surface area contributed by atoms with Crippen molar-refractivity contribution in [1.82, 2.24) is 0 Å². The lowest BCUT2D eigenvalue weighted by atomic mass is 9.86. The van der Waals surface area contributed by atoms with Gasteiger partial charge in [0.25, 0.3) is 0 Å². The molecule has 0 aromatic heterocycles. The molecular formula is C13H21FO2. The molecule has 0 atom stereocenters. The highest BCUT2D eigenvalue weighted by Gasteiger charge is 2.49. The molecule has 0 heterocycles. The Labute approximate surface area is 96.9 Å². The van der Waals surface area contributed by atoms with E-state index in [0.29, 0.717) is 18.6 Å². The minimum atomic E-state index is -0.715. The van der Waals surface area contributed by atoms with E-state index in [0.717, 1.165) is 6.42 Å². The fourth-order valence-electron chi connectivity index (χ4n) is 1.57. The van der Waals surface area contributed by atoms with E-state index in [2.05, 4.69) is 0 Å². The monoisotopic (exact) mass is 228 g/mol. The minimum Gasteiger partial charge on any atom is -0.500 e. The fraction of sp³-hybridized carbons (Fsp3) is 0.769. The predicted octanol–water partition coefficient (Wildman–Crippen LogP) is 3.27. The third-order valence-corrected chi connectivity index (χ3v) is 3.67. The molecule has 1 saturated carbocycles. The molecule has 0 saturated heterocycles. The molecular weight excluding hydrogens is 207 g/mol. The van der Waals surface area contributed by atoms with E-state index < -0.39 is 12.1 Å². The number of halogens is 1. The summed E-state index contributed by atoms with van der Waals surface area (Å²) in [5, 5.41) is 0. The first kappa shape index (κ1) is 13.2. The Hall–Kier alpha value is -0.860. The summed E-state index contributed by atoms with van der Waals surface area (Å²) in [4.78, 5) is 11.9. The van der Waals surface area contributed by atoms with Gasteiger partial charge in [-0.25, -0.2) is 4.39 Å². The van der Waals surface area contributed by atoms with Gasteiger partial charge in [-0.3, -0.25) is 4.79 Å². The zero-order chi connectivity index (χ0) is 12.4. The summed E-state index contributed by atoms with van der Waals surface area (Å²) in [5.74, 6) is 0.535. The smallest absolute Gasteiger partial charge is 0.167 e. The summed E-state index contributed by atoms with van der Waals surface area (Å²) >= 11 is 0. The van der Waals surface area contributed by atoms with Crippen LogP contribution in [0.25, 0.3) is 0 Å². The van der Waals surface area contributed by atoms with Crippen LogP contribution < -0.4 is 0 Å². The van der Waals surface area contributed by atoms with E-state index in [1.807, 2.05) is 20.8 Å². The maximum atomic E-state index is 12.7. The van der Waals surface area contributed by atoms with Crippen molar-refractivity contribution in [2.75, 3.05) is 13.8 Å². The molecule has 1 aliphatic rings. The van der Waals surface area contributed by atoms with Gasteiger partial charge < -0.3 is 4.74 Å². The van der Waals surface area contributed by atoms with Crippen molar-refractivity contribution in [2.24, 2.45) is 10.8 Å². The summed E-state index contributed by atoms with van der Waals surface area (Å²) in [6.45, 7) is 5.53. The number of carbonyl (C=O) groups excluding carboxylic acids is 1. The molecule has 1 fully saturated rings. The fourth-order valence-corrected chi connectivity index (χ4v) is 1.57. The first-order chi connectivity index (χ1) is 7.41. The largest absolute Gasteiger partial charge is 0.500 e. The molecule has 0 amide bonds. The van der Waals surface area contributed by atoms with Gasteiger partial charge in [-0.05, 0) is 19.3 Å². The van der Waals surface area contributed by atoms with Crippen molar-refractivity contribution in [2.45, 2.75) is 40.0 Å². The summed E-state index contributed by atoms with van der Waals surface area (Å²) in [5.41, 5.74) is -0.885. The molecule has 2 nitrogen and oxygen atoms in total. The Morgan fingerprint density at radius 2 is 2.06 bits per heavy atom. The summed E-state index contributed by atoms with van der Waals surface area (Å²) in [6.07, 6.45) is 3.71. The Morgan fingerprint density at radius 1 is 1.50 bits per heavy atom. The number of allylic oxidation sites excluding steroid dienone is 2. The number of ether oxygens (including phenoxy) is 1. The van der Waals surface area contributed by atoms with Crippen molar-refractivity contribution in [3.63, 3.8) is 0 Å². The van der Waals surface area contributed by atoms with Gasteiger partial charge in [0.15, 0.2) is 5.78 Å². The topological polar surface area (TPSA) is 26.3 Å². The van der Waals surface area contributed by atoms with Gasteiger partial charge >= 0.3 is 0 Å². The Kier molecular flexibility index (Phi) is 3.76. The van der Waals surface area contributed by atoms with Crippen molar-refractivity contribution in [1.29, 1.82) is 0 Å². The quantitative estimate of drug-likeness (QED) is 0.515. The van der Waals surface area contributed by atoms with Crippen LogP contribution >= 0.6 is 0 Å². The minimum absolute atomic E-state index is 0.117. The maximum Gasteiger partial charge on any atom is 0.167 e. The lowest BCUT2D eigenvalue weighted by Crippen LogP contribution is -2.21. The lowest BCUT2D eigenvalue weighted by Gasteiger charge is -2.25. The lowest BCUT2D eigenvalue weighted by molar-refractivity contribution is -0.120. The number of rotatable bonds is 6. The second-order valence-electron chi connectivity index (χ2n) is 5.23. The van der Waals surface area contributed by atoms with Crippen molar-refractivity contribution in [3.05, 3.63) is 11.8 Å². The second kappa shape index (κ2) is 4.56. The van der Waals surface area contributed by atoms with Crippen molar-refractivity contribution < 1.29 is 13.9 Å². The van der Waals surface area contributed by atoms with Crippen LogP contribution in [-0.2, 0) is 9.53 Å². The predicted molar refractivity (Wildman–Crippen MR) is 61.8 cm³/mol. The van der Waals surface area contributed by atoms with E-state index in [-0.39, 0.29) is 11.2 Å². The molecule has 0 radical (unpaired) electrons. The van der Waals surface area contributed by atoms with E-state index in [9.17, 15) is 9.18 Å². The standard InChI is InChI=1S/C13H21FO2/c1-5-12(2,3)11(16-4)8-10(15)13(9-14)6-7-13/h8H,5-7,9H2,1-4H3/b11-8-. The van der Waals surface area contributed by atoms with Gasteiger partial charge in [0.2, 0.25) is 0 Å². The molecule has 0 unspecified atom stereocenters. The molecule has 0 spiro atoms. The van der Waals surface area contributed by atoms with E-state index in [4.69, 9.17) is 4.74 Å². The van der Waals surface area contributed by atoms with Gasteiger partial charge in [0.1, 0.15) is 12.4 Å². The van der Waals surface area contributed by atoms with E-state index >= 15 is 0 Å². The molecule has 92 valence electrons. The normalized spacial score (nSPS) is 19.4. The van der Waals surface area contributed by atoms with Gasteiger partial charge in [0, 0.05) is 11.5 Å². The van der Waals surface area contributed by atoms with E-state index in [1.54, 1.807) is 7.11 Å². The SMILES string of the molecule is CCC(C)(C)/C(=C/C(=O)C1(CF)CC1)OC. The molecule has 1 aliphatic carbocycles. The zero-order valence-electron chi connectivity index (χ0n) is 10.6. The summed E-state index contributed by atoms with van der Waals surface area (Å²) in [6, 6.07) is 0. The van der Waals surface area contributed by atoms with Crippen LogP contribution in [0, 0.1) is 10.8 Å². The zero-order valence-corrected chi connectivity index (χ0v) is 10.6.